The minimum atomic E-state index is 0.161. The standard InChI is InChI=1S/C13H16N2S2/c1-2-8-6-7-11(16-8)13-15-12-9(14)4-3-5-10(12)17-13/h6-7,9H,2-5,14H2,1H3. The van der Waals surface area contributed by atoms with Gasteiger partial charge in [-0.15, -0.1) is 22.7 Å². The van der Waals surface area contributed by atoms with E-state index in [1.54, 1.807) is 0 Å². The van der Waals surface area contributed by atoms with Crippen LogP contribution in [-0.4, -0.2) is 4.98 Å². The number of fused-ring (bicyclic) bond motifs is 1. The summed E-state index contributed by atoms with van der Waals surface area (Å²) in [7, 11) is 0. The molecule has 2 N–H and O–H groups in total. The van der Waals surface area contributed by atoms with Crippen LogP contribution in [0.15, 0.2) is 12.1 Å². The van der Waals surface area contributed by atoms with E-state index in [1.807, 2.05) is 22.7 Å². The molecule has 1 aliphatic rings. The second-order valence-electron chi connectivity index (χ2n) is 4.45. The molecule has 4 heteroatoms. The summed E-state index contributed by atoms with van der Waals surface area (Å²) < 4.78 is 0. The molecule has 1 aliphatic carbocycles. The number of hydrogen-bond acceptors (Lipinski definition) is 4. The van der Waals surface area contributed by atoms with E-state index in [9.17, 15) is 0 Å². The van der Waals surface area contributed by atoms with Gasteiger partial charge in [0.25, 0.3) is 0 Å². The summed E-state index contributed by atoms with van der Waals surface area (Å²) in [6.07, 6.45) is 4.56. The number of aromatic nitrogens is 1. The fraction of sp³-hybridized carbons (Fsp3) is 0.462. The van der Waals surface area contributed by atoms with Gasteiger partial charge < -0.3 is 5.73 Å². The first-order chi connectivity index (χ1) is 8.28. The van der Waals surface area contributed by atoms with Gasteiger partial charge in [0.15, 0.2) is 0 Å². The Labute approximate surface area is 110 Å². The maximum atomic E-state index is 6.12. The first-order valence-electron chi connectivity index (χ1n) is 6.12. The van der Waals surface area contributed by atoms with Crippen molar-refractivity contribution in [1.29, 1.82) is 0 Å². The number of rotatable bonds is 2. The number of hydrogen-bond donors (Lipinski definition) is 1. The monoisotopic (exact) mass is 264 g/mol. The zero-order valence-corrected chi connectivity index (χ0v) is 11.5. The van der Waals surface area contributed by atoms with Crippen molar-refractivity contribution in [1.82, 2.24) is 4.98 Å². The summed E-state index contributed by atoms with van der Waals surface area (Å²) in [6, 6.07) is 4.56. The van der Waals surface area contributed by atoms with Crippen molar-refractivity contribution < 1.29 is 0 Å². The van der Waals surface area contributed by atoms with Crippen molar-refractivity contribution in [3.63, 3.8) is 0 Å². The molecule has 2 aromatic heterocycles. The Kier molecular flexibility index (Phi) is 3.03. The van der Waals surface area contributed by atoms with Crippen LogP contribution in [0.3, 0.4) is 0 Å². The van der Waals surface area contributed by atoms with Crippen LogP contribution in [0.4, 0.5) is 0 Å². The van der Waals surface area contributed by atoms with Gasteiger partial charge in [-0.25, -0.2) is 4.98 Å². The van der Waals surface area contributed by atoms with Crippen molar-refractivity contribution in [3.05, 3.63) is 27.6 Å². The topological polar surface area (TPSA) is 38.9 Å². The lowest BCUT2D eigenvalue weighted by Gasteiger charge is -2.15. The molecule has 0 aromatic carbocycles. The van der Waals surface area contributed by atoms with Crippen molar-refractivity contribution in [2.45, 2.75) is 38.6 Å². The zero-order valence-electron chi connectivity index (χ0n) is 9.90. The predicted octanol–water partition coefficient (Wildman–Crippen LogP) is 3.77. The Balaban J connectivity index is 1.98. The Bertz CT molecular complexity index is 527. The third kappa shape index (κ3) is 2.05. The lowest BCUT2D eigenvalue weighted by atomic mass is 9.99. The van der Waals surface area contributed by atoms with Gasteiger partial charge in [0, 0.05) is 15.8 Å². The Morgan fingerprint density at radius 2 is 2.29 bits per heavy atom. The van der Waals surface area contributed by atoms with Crippen LogP contribution in [0, 0.1) is 0 Å². The van der Waals surface area contributed by atoms with Gasteiger partial charge in [0.2, 0.25) is 0 Å². The number of thiophene rings is 1. The van der Waals surface area contributed by atoms with Crippen LogP contribution in [0.1, 0.15) is 41.3 Å². The van der Waals surface area contributed by atoms with Gasteiger partial charge in [-0.1, -0.05) is 6.92 Å². The van der Waals surface area contributed by atoms with Crippen LogP contribution < -0.4 is 5.73 Å². The molecular weight excluding hydrogens is 248 g/mol. The number of thiazole rings is 1. The molecule has 1 unspecified atom stereocenters. The van der Waals surface area contributed by atoms with Gasteiger partial charge in [0.05, 0.1) is 10.6 Å². The molecule has 1 atom stereocenters. The molecule has 0 amide bonds. The fourth-order valence-corrected chi connectivity index (χ4v) is 4.42. The van der Waals surface area contributed by atoms with Crippen molar-refractivity contribution in [2.75, 3.05) is 0 Å². The minimum Gasteiger partial charge on any atom is -0.323 e. The van der Waals surface area contributed by atoms with Gasteiger partial charge in [0.1, 0.15) is 5.01 Å². The molecular formula is C13H16N2S2. The Morgan fingerprint density at radius 3 is 3.00 bits per heavy atom. The molecule has 0 saturated carbocycles. The minimum absolute atomic E-state index is 0.161. The molecule has 0 bridgehead atoms. The van der Waals surface area contributed by atoms with Crippen LogP contribution in [-0.2, 0) is 12.8 Å². The van der Waals surface area contributed by atoms with E-state index < -0.39 is 0 Å². The third-order valence-corrected chi connectivity index (χ3v) is 5.75. The van der Waals surface area contributed by atoms with Crippen LogP contribution in [0.5, 0.6) is 0 Å². The average Bonchev–Trinajstić information content (AvgIpc) is 2.95. The number of aryl methyl sites for hydroxylation is 2. The largest absolute Gasteiger partial charge is 0.323 e. The van der Waals surface area contributed by atoms with Gasteiger partial charge in [-0.2, -0.15) is 0 Å². The summed E-state index contributed by atoms with van der Waals surface area (Å²) in [4.78, 5) is 8.89. The highest BCUT2D eigenvalue weighted by Gasteiger charge is 2.22. The SMILES string of the molecule is CCc1ccc(-c2nc3c(s2)CCCC3N)s1. The second kappa shape index (κ2) is 4.52. The maximum Gasteiger partial charge on any atom is 0.133 e. The summed E-state index contributed by atoms with van der Waals surface area (Å²) in [6.45, 7) is 2.19. The van der Waals surface area contributed by atoms with E-state index in [0.717, 1.165) is 30.0 Å². The van der Waals surface area contributed by atoms with Gasteiger partial charge in [-0.3, -0.25) is 0 Å². The summed E-state index contributed by atoms with van der Waals surface area (Å²) in [5, 5.41) is 1.16. The molecule has 0 aliphatic heterocycles. The van der Waals surface area contributed by atoms with Crippen molar-refractivity contribution >= 4 is 22.7 Å². The molecule has 2 aromatic rings. The van der Waals surface area contributed by atoms with Crippen molar-refractivity contribution in [3.8, 4) is 9.88 Å². The normalized spacial score (nSPS) is 19.3. The van der Waals surface area contributed by atoms with E-state index in [1.165, 1.54) is 21.1 Å². The lowest BCUT2D eigenvalue weighted by Crippen LogP contribution is -2.16. The van der Waals surface area contributed by atoms with E-state index in [0.29, 0.717) is 0 Å². The number of nitrogens with two attached hydrogens (primary N) is 1. The van der Waals surface area contributed by atoms with Crippen LogP contribution >= 0.6 is 22.7 Å². The first kappa shape index (κ1) is 11.4. The Morgan fingerprint density at radius 1 is 1.41 bits per heavy atom. The molecule has 3 rings (SSSR count). The molecule has 2 nitrogen and oxygen atoms in total. The molecule has 2 heterocycles. The molecule has 0 radical (unpaired) electrons. The van der Waals surface area contributed by atoms with Gasteiger partial charge in [-0.05, 0) is 37.8 Å². The van der Waals surface area contributed by atoms with E-state index in [-0.39, 0.29) is 6.04 Å². The molecule has 17 heavy (non-hydrogen) atoms. The fourth-order valence-electron chi connectivity index (χ4n) is 2.24. The third-order valence-electron chi connectivity index (χ3n) is 3.22. The van der Waals surface area contributed by atoms with Gasteiger partial charge >= 0.3 is 0 Å². The highest BCUT2D eigenvalue weighted by atomic mass is 32.1. The molecule has 90 valence electrons. The molecule has 0 spiro atoms. The predicted molar refractivity (Wildman–Crippen MR) is 74.7 cm³/mol. The maximum absolute atomic E-state index is 6.12. The second-order valence-corrected chi connectivity index (χ2v) is 6.70. The molecule has 0 fully saturated rings. The van der Waals surface area contributed by atoms with Crippen molar-refractivity contribution in [2.24, 2.45) is 5.73 Å². The lowest BCUT2D eigenvalue weighted by molar-refractivity contribution is 0.564. The van der Waals surface area contributed by atoms with E-state index in [2.05, 4.69) is 19.1 Å². The quantitative estimate of drug-likeness (QED) is 0.896. The summed E-state index contributed by atoms with van der Waals surface area (Å²) >= 11 is 3.69. The van der Waals surface area contributed by atoms with E-state index >= 15 is 0 Å². The highest BCUT2D eigenvalue weighted by molar-refractivity contribution is 7.21. The average molecular weight is 264 g/mol. The first-order valence-corrected chi connectivity index (χ1v) is 7.75. The molecule has 0 saturated heterocycles. The smallest absolute Gasteiger partial charge is 0.133 e. The zero-order chi connectivity index (χ0) is 11.8. The van der Waals surface area contributed by atoms with Crippen LogP contribution in [0.25, 0.3) is 9.88 Å². The number of nitrogens with zero attached hydrogens (tertiary/aromatic N) is 1. The summed E-state index contributed by atoms with van der Waals surface area (Å²) in [5.41, 5.74) is 7.27. The van der Waals surface area contributed by atoms with E-state index in [4.69, 9.17) is 10.7 Å². The highest BCUT2D eigenvalue weighted by Crippen LogP contribution is 2.38. The summed E-state index contributed by atoms with van der Waals surface area (Å²) in [5.74, 6) is 0. The van der Waals surface area contributed by atoms with Crippen LogP contribution in [0.2, 0.25) is 0 Å². The Hall–Kier alpha value is -0.710.